The molecule has 0 saturated heterocycles. The van der Waals surface area contributed by atoms with Gasteiger partial charge in [-0.2, -0.15) is 0 Å². The number of thiophene rings is 1. The van der Waals surface area contributed by atoms with Gasteiger partial charge < -0.3 is 5.73 Å². The van der Waals surface area contributed by atoms with Crippen molar-refractivity contribution in [1.82, 2.24) is 0 Å². The molecule has 1 aromatic heterocycles. The molecule has 1 unspecified atom stereocenters. The summed E-state index contributed by atoms with van der Waals surface area (Å²) in [4.78, 5) is 1.24. The van der Waals surface area contributed by atoms with E-state index in [1.54, 1.807) is 11.3 Å². The van der Waals surface area contributed by atoms with E-state index < -0.39 is 0 Å². The number of hydrogen-bond acceptors (Lipinski definition) is 2. The molecule has 0 amide bonds. The molecule has 0 bridgehead atoms. The van der Waals surface area contributed by atoms with Gasteiger partial charge in [-0.25, -0.2) is 0 Å². The van der Waals surface area contributed by atoms with Gasteiger partial charge in [0.15, 0.2) is 0 Å². The number of hydrogen-bond donors (Lipinski definition) is 1. The Morgan fingerprint density at radius 1 is 1.24 bits per heavy atom. The van der Waals surface area contributed by atoms with Crippen molar-refractivity contribution in [2.24, 2.45) is 5.73 Å². The summed E-state index contributed by atoms with van der Waals surface area (Å²) in [5.41, 5.74) is 9.80. The van der Waals surface area contributed by atoms with Crippen LogP contribution in [0.1, 0.15) is 27.5 Å². The molecule has 1 atom stereocenters. The van der Waals surface area contributed by atoms with Crippen LogP contribution in [-0.4, -0.2) is 6.54 Å². The van der Waals surface area contributed by atoms with E-state index in [0.717, 1.165) is 4.34 Å². The molecule has 3 heteroatoms. The Hall–Kier alpha value is -0.830. The monoisotopic (exact) mass is 265 g/mol. The first kappa shape index (κ1) is 12.6. The molecule has 17 heavy (non-hydrogen) atoms. The van der Waals surface area contributed by atoms with Crippen molar-refractivity contribution < 1.29 is 0 Å². The van der Waals surface area contributed by atoms with Crippen molar-refractivity contribution in [2.45, 2.75) is 19.8 Å². The van der Waals surface area contributed by atoms with Crippen LogP contribution in [0.5, 0.6) is 0 Å². The number of benzene rings is 1. The second-order valence-electron chi connectivity index (χ2n) is 4.29. The highest BCUT2D eigenvalue weighted by Crippen LogP contribution is 2.33. The molecule has 2 rings (SSSR count). The number of aryl methyl sites for hydroxylation is 2. The Balaban J connectivity index is 2.45. The van der Waals surface area contributed by atoms with Crippen LogP contribution >= 0.6 is 22.9 Å². The van der Waals surface area contributed by atoms with E-state index in [0.29, 0.717) is 6.54 Å². The molecule has 0 aliphatic carbocycles. The molecule has 1 heterocycles. The predicted molar refractivity (Wildman–Crippen MR) is 76.1 cm³/mol. The molecule has 0 aliphatic heterocycles. The molecular formula is C14H16ClNS. The van der Waals surface area contributed by atoms with Crippen molar-refractivity contribution in [3.8, 4) is 0 Å². The highest BCUT2D eigenvalue weighted by molar-refractivity contribution is 7.16. The van der Waals surface area contributed by atoms with Gasteiger partial charge in [0.25, 0.3) is 0 Å². The van der Waals surface area contributed by atoms with Crippen molar-refractivity contribution in [3.05, 3.63) is 56.2 Å². The van der Waals surface area contributed by atoms with Crippen molar-refractivity contribution in [3.63, 3.8) is 0 Å². The van der Waals surface area contributed by atoms with E-state index in [1.807, 2.05) is 6.07 Å². The summed E-state index contributed by atoms with van der Waals surface area (Å²) in [5.74, 6) is 0.257. The summed E-state index contributed by atoms with van der Waals surface area (Å²) >= 11 is 7.61. The molecule has 2 aromatic rings. The van der Waals surface area contributed by atoms with Gasteiger partial charge in [-0.15, -0.1) is 11.3 Å². The molecule has 1 nitrogen and oxygen atoms in total. The van der Waals surface area contributed by atoms with Crippen LogP contribution in [0.15, 0.2) is 30.3 Å². The third-order valence-electron chi connectivity index (χ3n) is 2.98. The van der Waals surface area contributed by atoms with Gasteiger partial charge in [-0.3, -0.25) is 0 Å². The maximum atomic E-state index is 6.00. The predicted octanol–water partition coefficient (Wildman–Crippen LogP) is 4.11. The third kappa shape index (κ3) is 2.71. The molecule has 0 spiro atoms. The second kappa shape index (κ2) is 5.21. The fraction of sp³-hybridized carbons (Fsp3) is 0.286. The Kier molecular flexibility index (Phi) is 3.87. The van der Waals surface area contributed by atoms with E-state index in [9.17, 15) is 0 Å². The average molecular weight is 266 g/mol. The lowest BCUT2D eigenvalue weighted by atomic mass is 9.92. The zero-order valence-corrected chi connectivity index (χ0v) is 11.6. The third-order valence-corrected chi connectivity index (χ3v) is 4.33. The maximum absolute atomic E-state index is 6.00. The lowest BCUT2D eigenvalue weighted by Crippen LogP contribution is -2.14. The summed E-state index contributed by atoms with van der Waals surface area (Å²) in [6, 6.07) is 10.5. The van der Waals surface area contributed by atoms with Gasteiger partial charge in [0.1, 0.15) is 0 Å². The maximum Gasteiger partial charge on any atom is 0.0931 e. The molecule has 0 saturated carbocycles. The van der Waals surface area contributed by atoms with E-state index in [1.165, 1.54) is 21.6 Å². The lowest BCUT2D eigenvalue weighted by Gasteiger charge is -2.17. The zero-order valence-electron chi connectivity index (χ0n) is 10.0. The standard InChI is InChI=1S/C14H16ClNS/c1-9-3-4-10(2)11(7-9)12(8-16)13-5-6-14(15)17-13/h3-7,12H,8,16H2,1-2H3. The van der Waals surface area contributed by atoms with E-state index in [4.69, 9.17) is 17.3 Å². The number of nitrogens with two attached hydrogens (primary N) is 1. The Labute approximate surface area is 111 Å². The fourth-order valence-electron chi connectivity index (χ4n) is 2.05. The van der Waals surface area contributed by atoms with Gasteiger partial charge in [-0.1, -0.05) is 35.4 Å². The first-order chi connectivity index (χ1) is 8.11. The first-order valence-electron chi connectivity index (χ1n) is 5.64. The normalized spacial score (nSPS) is 12.7. The number of halogens is 1. The highest BCUT2D eigenvalue weighted by atomic mass is 35.5. The number of rotatable bonds is 3. The summed E-state index contributed by atoms with van der Waals surface area (Å²) in [7, 11) is 0. The van der Waals surface area contributed by atoms with E-state index >= 15 is 0 Å². The van der Waals surface area contributed by atoms with Crippen LogP contribution in [0, 0.1) is 13.8 Å². The molecule has 0 fully saturated rings. The highest BCUT2D eigenvalue weighted by Gasteiger charge is 2.16. The van der Waals surface area contributed by atoms with Gasteiger partial charge in [-0.05, 0) is 37.1 Å². The summed E-state index contributed by atoms with van der Waals surface area (Å²) in [6.07, 6.45) is 0. The smallest absolute Gasteiger partial charge is 0.0931 e. The topological polar surface area (TPSA) is 26.0 Å². The zero-order chi connectivity index (χ0) is 12.4. The minimum Gasteiger partial charge on any atom is -0.329 e. The largest absolute Gasteiger partial charge is 0.329 e. The molecule has 1 aromatic carbocycles. The fourth-order valence-corrected chi connectivity index (χ4v) is 3.24. The summed E-state index contributed by atoms with van der Waals surface area (Å²) in [5, 5.41) is 0. The van der Waals surface area contributed by atoms with Crippen molar-refractivity contribution in [2.75, 3.05) is 6.54 Å². The van der Waals surface area contributed by atoms with Crippen LogP contribution in [0.2, 0.25) is 4.34 Å². The second-order valence-corrected chi connectivity index (χ2v) is 6.04. The van der Waals surface area contributed by atoms with Crippen LogP contribution in [-0.2, 0) is 0 Å². The van der Waals surface area contributed by atoms with Gasteiger partial charge >= 0.3 is 0 Å². The Morgan fingerprint density at radius 2 is 2.00 bits per heavy atom. The molecular weight excluding hydrogens is 250 g/mol. The molecule has 90 valence electrons. The lowest BCUT2D eigenvalue weighted by molar-refractivity contribution is 0.827. The van der Waals surface area contributed by atoms with Crippen LogP contribution in [0.4, 0.5) is 0 Å². The van der Waals surface area contributed by atoms with Gasteiger partial charge in [0, 0.05) is 17.3 Å². The molecule has 0 radical (unpaired) electrons. The SMILES string of the molecule is Cc1ccc(C)c(C(CN)c2ccc(Cl)s2)c1. The Morgan fingerprint density at radius 3 is 2.59 bits per heavy atom. The van der Waals surface area contributed by atoms with E-state index in [-0.39, 0.29) is 5.92 Å². The molecule has 0 aliphatic rings. The van der Waals surface area contributed by atoms with E-state index in [2.05, 4.69) is 38.1 Å². The van der Waals surface area contributed by atoms with Gasteiger partial charge in [0.2, 0.25) is 0 Å². The van der Waals surface area contributed by atoms with Crippen molar-refractivity contribution >= 4 is 22.9 Å². The van der Waals surface area contributed by atoms with Crippen LogP contribution in [0.25, 0.3) is 0 Å². The van der Waals surface area contributed by atoms with Crippen LogP contribution in [0.3, 0.4) is 0 Å². The Bertz CT molecular complexity index is 519. The summed E-state index contributed by atoms with van der Waals surface area (Å²) in [6.45, 7) is 4.85. The quantitative estimate of drug-likeness (QED) is 0.888. The minimum absolute atomic E-state index is 0.257. The van der Waals surface area contributed by atoms with Crippen molar-refractivity contribution in [1.29, 1.82) is 0 Å². The average Bonchev–Trinajstić information content (AvgIpc) is 2.71. The first-order valence-corrected chi connectivity index (χ1v) is 6.83. The van der Waals surface area contributed by atoms with Crippen LogP contribution < -0.4 is 5.73 Å². The minimum atomic E-state index is 0.257. The molecule has 2 N–H and O–H groups in total. The van der Waals surface area contributed by atoms with Gasteiger partial charge in [0.05, 0.1) is 4.34 Å². The summed E-state index contributed by atoms with van der Waals surface area (Å²) < 4.78 is 0.823.